The summed E-state index contributed by atoms with van der Waals surface area (Å²) in [6.07, 6.45) is 2.46. The van der Waals surface area contributed by atoms with Gasteiger partial charge < -0.3 is 23.8 Å². The molecule has 1 N–H and O–H groups in total. The molecule has 8 nitrogen and oxygen atoms in total. The largest absolute Gasteiger partial charge is 0.487 e. The topological polar surface area (TPSA) is 94.3 Å². The predicted octanol–water partition coefficient (Wildman–Crippen LogP) is 4.32. The van der Waals surface area contributed by atoms with Gasteiger partial charge in [-0.25, -0.2) is 4.79 Å². The van der Waals surface area contributed by atoms with Gasteiger partial charge in [-0.05, 0) is 42.0 Å². The molecule has 2 saturated heterocycles. The van der Waals surface area contributed by atoms with Gasteiger partial charge in [0.2, 0.25) is 0 Å². The molecule has 2 aliphatic rings. The number of amides is 1. The number of carbonyl (C=O) groups is 1. The zero-order chi connectivity index (χ0) is 21.4. The average molecular weight is 418 g/mol. The Kier molecular flexibility index (Phi) is 5.53. The second kappa shape index (κ2) is 7.98. The summed E-state index contributed by atoms with van der Waals surface area (Å²) in [6.45, 7) is 8.13. The maximum Gasteiger partial charge on any atom is 0.407 e. The van der Waals surface area contributed by atoms with Crippen LogP contribution >= 0.6 is 0 Å². The van der Waals surface area contributed by atoms with Crippen LogP contribution in [0.3, 0.4) is 0 Å². The molecule has 0 spiro atoms. The second-order valence-corrected chi connectivity index (χ2v) is 9.18. The molecular weight excluding hydrogens is 388 g/mol. The summed E-state index contributed by atoms with van der Waals surface area (Å²) in [4.78, 5) is 13.6. The van der Waals surface area contributed by atoms with E-state index in [1.54, 1.807) is 4.90 Å². The number of aromatic nitrogens is 1. The number of fused-ring (bicyclic) bond motifs is 1. The molecule has 1 unspecified atom stereocenters. The van der Waals surface area contributed by atoms with Gasteiger partial charge in [-0.1, -0.05) is 26.8 Å². The molecule has 30 heavy (non-hydrogen) atoms. The Morgan fingerprint density at radius 1 is 1.37 bits per heavy atom. The minimum Gasteiger partial charge on any atom is -0.487 e. The third kappa shape index (κ3) is 3.69. The number of ether oxygens (including phenoxy) is 3. The summed E-state index contributed by atoms with van der Waals surface area (Å²) in [5.74, 6) is 0.974. The van der Waals surface area contributed by atoms with Crippen LogP contribution in [0.5, 0.6) is 11.6 Å². The molecule has 2 fully saturated rings. The minimum absolute atomic E-state index is 0.0138. The highest BCUT2D eigenvalue weighted by Crippen LogP contribution is 2.44. The lowest BCUT2D eigenvalue weighted by Crippen LogP contribution is -2.64. The Morgan fingerprint density at radius 3 is 2.90 bits per heavy atom. The van der Waals surface area contributed by atoms with E-state index in [2.05, 4.69) is 25.9 Å². The fourth-order valence-electron chi connectivity index (χ4n) is 4.57. The summed E-state index contributed by atoms with van der Waals surface area (Å²) < 4.78 is 23.2. The number of likely N-dealkylation sites (tertiary alicyclic amines) is 1. The molecule has 3 heterocycles. The summed E-state index contributed by atoms with van der Waals surface area (Å²) in [5.41, 5.74) is -0.395. The first-order valence-corrected chi connectivity index (χ1v) is 10.6. The van der Waals surface area contributed by atoms with Gasteiger partial charge in [0.05, 0.1) is 18.8 Å². The van der Waals surface area contributed by atoms with Crippen molar-refractivity contribution in [3.63, 3.8) is 0 Å². The normalized spacial score (nSPS) is 24.9. The number of rotatable bonds is 5. The Balaban J connectivity index is 1.63. The van der Waals surface area contributed by atoms with Crippen molar-refractivity contribution in [2.24, 2.45) is 5.41 Å². The van der Waals surface area contributed by atoms with E-state index >= 15 is 0 Å². The van der Waals surface area contributed by atoms with E-state index < -0.39 is 11.6 Å². The minimum atomic E-state index is -0.913. The zero-order valence-corrected chi connectivity index (χ0v) is 17.8. The van der Waals surface area contributed by atoms with E-state index in [0.29, 0.717) is 42.4 Å². The standard InChI is InChI=1S/C22H30N2O6/c1-21(2,3)22(10-4-5-11-24(22)20(25)26)14-28-19-18-16(29-15-9-12-27-13-15)7-6-8-17(18)30-23-19/h6-8,15H,4-5,9-14H2,1-3H3,(H,25,26)/t15-,22?/m1/s1. The summed E-state index contributed by atoms with van der Waals surface area (Å²) >= 11 is 0. The monoisotopic (exact) mass is 418 g/mol. The van der Waals surface area contributed by atoms with Crippen molar-refractivity contribution >= 4 is 17.1 Å². The second-order valence-electron chi connectivity index (χ2n) is 9.18. The number of carboxylic acid groups (broad SMARTS) is 1. The number of hydrogen-bond donors (Lipinski definition) is 1. The van der Waals surface area contributed by atoms with E-state index in [1.807, 2.05) is 18.2 Å². The molecule has 2 atom stereocenters. The fourth-order valence-corrected chi connectivity index (χ4v) is 4.57. The molecule has 1 amide bonds. The Hall–Kier alpha value is -2.48. The molecule has 0 radical (unpaired) electrons. The lowest BCUT2D eigenvalue weighted by molar-refractivity contribution is -0.0535. The van der Waals surface area contributed by atoms with Gasteiger partial charge in [0, 0.05) is 13.0 Å². The number of nitrogens with zero attached hydrogens (tertiary/aromatic N) is 2. The third-order valence-electron chi connectivity index (χ3n) is 6.42. The zero-order valence-electron chi connectivity index (χ0n) is 17.8. The molecule has 1 aromatic carbocycles. The molecule has 0 aliphatic carbocycles. The Labute approximate surface area is 176 Å². The molecule has 0 saturated carbocycles. The molecule has 164 valence electrons. The van der Waals surface area contributed by atoms with Crippen LogP contribution in [-0.4, -0.2) is 59.3 Å². The molecule has 4 rings (SSSR count). The molecule has 0 bridgehead atoms. The first-order valence-electron chi connectivity index (χ1n) is 10.6. The smallest absolute Gasteiger partial charge is 0.407 e. The summed E-state index contributed by atoms with van der Waals surface area (Å²) in [7, 11) is 0. The molecule has 2 aliphatic heterocycles. The fraction of sp³-hybridized carbons (Fsp3) is 0.636. The highest BCUT2D eigenvalue weighted by molar-refractivity contribution is 5.88. The Bertz CT molecular complexity index is 899. The third-order valence-corrected chi connectivity index (χ3v) is 6.42. The van der Waals surface area contributed by atoms with Crippen LogP contribution in [0.25, 0.3) is 11.0 Å². The summed E-state index contributed by atoms with van der Waals surface area (Å²) in [5, 5.41) is 14.7. The van der Waals surface area contributed by atoms with Crippen molar-refractivity contribution in [2.45, 2.75) is 58.1 Å². The average Bonchev–Trinajstić information content (AvgIpc) is 3.36. The first kappa shape index (κ1) is 20.8. The van der Waals surface area contributed by atoms with Crippen molar-refractivity contribution in [1.82, 2.24) is 10.1 Å². The predicted molar refractivity (Wildman–Crippen MR) is 110 cm³/mol. The number of benzene rings is 1. The van der Waals surface area contributed by atoms with Crippen LogP contribution in [0.1, 0.15) is 46.5 Å². The van der Waals surface area contributed by atoms with Gasteiger partial charge >= 0.3 is 6.09 Å². The molecule has 8 heteroatoms. The number of hydrogen-bond acceptors (Lipinski definition) is 6. The van der Waals surface area contributed by atoms with Crippen LogP contribution < -0.4 is 9.47 Å². The highest BCUT2D eigenvalue weighted by atomic mass is 16.6. The quantitative estimate of drug-likeness (QED) is 0.772. The van der Waals surface area contributed by atoms with Crippen LogP contribution in [0.4, 0.5) is 4.79 Å². The lowest BCUT2D eigenvalue weighted by atomic mass is 9.68. The molecule has 2 aromatic rings. The van der Waals surface area contributed by atoms with Gasteiger partial charge in [0.25, 0.3) is 5.88 Å². The SMILES string of the molecule is CC(C)(C)C1(COc2noc3cccc(O[C@@H]4CCOC4)c23)CCCCN1C(=O)O. The molecule has 1 aromatic heterocycles. The summed E-state index contributed by atoms with van der Waals surface area (Å²) in [6, 6.07) is 5.54. The highest BCUT2D eigenvalue weighted by Gasteiger charge is 2.51. The van der Waals surface area contributed by atoms with Crippen LogP contribution in [-0.2, 0) is 4.74 Å². The van der Waals surface area contributed by atoms with Crippen LogP contribution in [0.15, 0.2) is 22.7 Å². The van der Waals surface area contributed by atoms with E-state index in [9.17, 15) is 9.90 Å². The van der Waals surface area contributed by atoms with Crippen molar-refractivity contribution in [1.29, 1.82) is 0 Å². The number of piperidine rings is 1. The van der Waals surface area contributed by atoms with Gasteiger partial charge in [-0.3, -0.25) is 4.90 Å². The van der Waals surface area contributed by atoms with E-state index in [0.717, 1.165) is 25.7 Å². The van der Waals surface area contributed by atoms with E-state index in [-0.39, 0.29) is 18.1 Å². The van der Waals surface area contributed by atoms with Gasteiger partial charge in [0.15, 0.2) is 5.58 Å². The van der Waals surface area contributed by atoms with Gasteiger partial charge in [-0.15, -0.1) is 0 Å². The lowest BCUT2D eigenvalue weighted by Gasteiger charge is -2.53. The maximum atomic E-state index is 12.0. The van der Waals surface area contributed by atoms with E-state index in [1.165, 1.54) is 0 Å². The van der Waals surface area contributed by atoms with E-state index in [4.69, 9.17) is 18.7 Å². The first-order chi connectivity index (χ1) is 14.3. The van der Waals surface area contributed by atoms with Crippen molar-refractivity contribution < 1.29 is 28.6 Å². The van der Waals surface area contributed by atoms with Crippen molar-refractivity contribution in [3.8, 4) is 11.6 Å². The van der Waals surface area contributed by atoms with Gasteiger partial charge in [0.1, 0.15) is 23.8 Å². The van der Waals surface area contributed by atoms with Crippen LogP contribution in [0, 0.1) is 5.41 Å². The maximum absolute atomic E-state index is 12.0. The van der Waals surface area contributed by atoms with Gasteiger partial charge in [-0.2, -0.15) is 0 Å². The van der Waals surface area contributed by atoms with Crippen molar-refractivity contribution in [2.75, 3.05) is 26.4 Å². The van der Waals surface area contributed by atoms with Crippen molar-refractivity contribution in [3.05, 3.63) is 18.2 Å². The molecular formula is C22H30N2O6. The Morgan fingerprint density at radius 2 is 2.20 bits per heavy atom. The van der Waals surface area contributed by atoms with Crippen LogP contribution in [0.2, 0.25) is 0 Å².